The Morgan fingerprint density at radius 2 is 1.64 bits per heavy atom. The van der Waals surface area contributed by atoms with Gasteiger partial charge in [0.05, 0.1) is 16.1 Å². The smallest absolute Gasteiger partial charge is 0.269 e. The fourth-order valence-electron chi connectivity index (χ4n) is 3.16. The van der Waals surface area contributed by atoms with Gasteiger partial charge in [-0.15, -0.1) is 0 Å². The van der Waals surface area contributed by atoms with E-state index in [1.54, 1.807) is 24.3 Å². The van der Waals surface area contributed by atoms with Crippen LogP contribution >= 0.6 is 0 Å². The lowest BCUT2D eigenvalue weighted by atomic mass is 10.1. The van der Waals surface area contributed by atoms with Crippen molar-refractivity contribution in [3.63, 3.8) is 0 Å². The summed E-state index contributed by atoms with van der Waals surface area (Å²) in [5, 5.41) is 13.4. The number of hydrogen-bond donors (Lipinski definition) is 1. The Labute approximate surface area is 161 Å². The summed E-state index contributed by atoms with van der Waals surface area (Å²) in [7, 11) is 0. The summed E-state index contributed by atoms with van der Waals surface area (Å²) >= 11 is 0. The summed E-state index contributed by atoms with van der Waals surface area (Å²) < 4.78 is 0. The van der Waals surface area contributed by atoms with E-state index in [2.05, 4.69) is 5.32 Å². The molecule has 1 aliphatic heterocycles. The third kappa shape index (κ3) is 3.62. The summed E-state index contributed by atoms with van der Waals surface area (Å²) in [6.45, 7) is 1.95. The van der Waals surface area contributed by atoms with Crippen LogP contribution in [0.5, 0.6) is 0 Å². The second-order valence-electron chi connectivity index (χ2n) is 6.48. The molecule has 3 amide bonds. The quantitative estimate of drug-likeness (QED) is 0.449. The van der Waals surface area contributed by atoms with Crippen LogP contribution < -0.4 is 5.32 Å². The molecule has 0 aliphatic carbocycles. The maximum Gasteiger partial charge on any atom is 0.269 e. The van der Waals surface area contributed by atoms with Crippen LogP contribution in [-0.2, 0) is 4.79 Å². The minimum atomic E-state index is -0.956. The average molecular weight is 381 g/mol. The zero-order valence-electron chi connectivity index (χ0n) is 15.3. The standard InChI is InChI=1S/C20H19N3O5/c1-2-3-8-17(18(24)21-13-9-11-14(12-10-13)23(27)28)22-19(25)15-6-4-5-7-16(15)20(22)26/h4-7,9-12,17H,2-3,8H2,1H3,(H,21,24). The third-order valence-corrected chi connectivity index (χ3v) is 4.62. The molecule has 0 saturated heterocycles. The monoisotopic (exact) mass is 381 g/mol. The summed E-state index contributed by atoms with van der Waals surface area (Å²) in [6, 6.07) is 10.9. The first-order valence-electron chi connectivity index (χ1n) is 8.96. The van der Waals surface area contributed by atoms with Crippen molar-refractivity contribution < 1.29 is 19.3 Å². The molecule has 3 rings (SSSR count). The minimum absolute atomic E-state index is 0.0964. The van der Waals surface area contributed by atoms with Crippen LogP contribution in [0.25, 0.3) is 0 Å². The van der Waals surface area contributed by atoms with Crippen LogP contribution in [-0.4, -0.2) is 33.6 Å². The number of carbonyl (C=O) groups excluding carboxylic acids is 3. The van der Waals surface area contributed by atoms with Gasteiger partial charge in [0.1, 0.15) is 6.04 Å². The van der Waals surface area contributed by atoms with Crippen LogP contribution in [0.15, 0.2) is 48.5 Å². The van der Waals surface area contributed by atoms with Crippen LogP contribution in [0.3, 0.4) is 0 Å². The van der Waals surface area contributed by atoms with Crippen molar-refractivity contribution in [2.24, 2.45) is 0 Å². The second kappa shape index (κ2) is 7.99. The van der Waals surface area contributed by atoms with Crippen LogP contribution in [0.4, 0.5) is 11.4 Å². The Kier molecular flexibility index (Phi) is 5.49. The number of nitrogens with zero attached hydrogens (tertiary/aromatic N) is 2. The fourth-order valence-corrected chi connectivity index (χ4v) is 3.16. The number of nitrogens with one attached hydrogen (secondary N) is 1. The van der Waals surface area contributed by atoms with Gasteiger partial charge in [-0.2, -0.15) is 0 Å². The van der Waals surface area contributed by atoms with Crippen LogP contribution in [0.2, 0.25) is 0 Å². The van der Waals surface area contributed by atoms with E-state index in [1.807, 2.05) is 6.92 Å². The van der Waals surface area contributed by atoms with Gasteiger partial charge in [-0.25, -0.2) is 0 Å². The van der Waals surface area contributed by atoms with Crippen molar-refractivity contribution in [2.45, 2.75) is 32.2 Å². The average Bonchev–Trinajstić information content (AvgIpc) is 2.94. The van der Waals surface area contributed by atoms with Crippen molar-refractivity contribution in [1.82, 2.24) is 4.90 Å². The van der Waals surface area contributed by atoms with E-state index in [0.717, 1.165) is 11.3 Å². The number of amides is 3. The summed E-state index contributed by atoms with van der Waals surface area (Å²) in [5.74, 6) is -1.47. The molecule has 0 radical (unpaired) electrons. The van der Waals surface area contributed by atoms with Gasteiger partial charge in [-0.05, 0) is 30.7 Å². The number of rotatable bonds is 7. The van der Waals surface area contributed by atoms with Gasteiger partial charge in [0.15, 0.2) is 0 Å². The predicted octanol–water partition coefficient (Wildman–Crippen LogP) is 3.39. The highest BCUT2D eigenvalue weighted by Crippen LogP contribution is 2.27. The Bertz CT molecular complexity index is 904. The number of unbranched alkanes of at least 4 members (excludes halogenated alkanes) is 1. The van der Waals surface area contributed by atoms with E-state index in [1.165, 1.54) is 24.3 Å². The van der Waals surface area contributed by atoms with E-state index >= 15 is 0 Å². The molecule has 1 heterocycles. The van der Waals surface area contributed by atoms with Crippen molar-refractivity contribution in [1.29, 1.82) is 0 Å². The van der Waals surface area contributed by atoms with E-state index in [9.17, 15) is 24.5 Å². The molecular formula is C20H19N3O5. The second-order valence-corrected chi connectivity index (χ2v) is 6.48. The lowest BCUT2D eigenvalue weighted by Crippen LogP contribution is -2.47. The molecule has 28 heavy (non-hydrogen) atoms. The number of anilines is 1. The number of non-ortho nitro benzene ring substituents is 1. The molecule has 1 unspecified atom stereocenters. The zero-order chi connectivity index (χ0) is 20.3. The normalized spacial score (nSPS) is 14.0. The number of nitro benzene ring substituents is 1. The van der Waals surface area contributed by atoms with Gasteiger partial charge in [0, 0.05) is 17.8 Å². The number of benzene rings is 2. The summed E-state index contributed by atoms with van der Waals surface area (Å²) in [4.78, 5) is 49.6. The fraction of sp³-hybridized carbons (Fsp3) is 0.250. The van der Waals surface area contributed by atoms with Gasteiger partial charge in [0.25, 0.3) is 17.5 Å². The number of nitro groups is 1. The summed E-state index contributed by atoms with van der Waals surface area (Å²) in [6.07, 6.45) is 1.79. The molecular weight excluding hydrogens is 362 g/mol. The highest BCUT2D eigenvalue weighted by molar-refractivity contribution is 6.23. The molecule has 1 atom stereocenters. The first-order chi connectivity index (χ1) is 13.4. The van der Waals surface area contributed by atoms with Crippen molar-refractivity contribution in [2.75, 3.05) is 5.32 Å². The van der Waals surface area contributed by atoms with Gasteiger partial charge >= 0.3 is 0 Å². The van der Waals surface area contributed by atoms with Crippen LogP contribution in [0.1, 0.15) is 46.9 Å². The molecule has 0 saturated carbocycles. The Balaban J connectivity index is 1.84. The van der Waals surface area contributed by atoms with E-state index in [0.29, 0.717) is 18.5 Å². The van der Waals surface area contributed by atoms with Crippen molar-refractivity contribution >= 4 is 29.1 Å². The molecule has 2 aromatic rings. The maximum atomic E-state index is 12.9. The number of fused-ring (bicyclic) bond motifs is 1. The maximum absolute atomic E-state index is 12.9. The number of hydrogen-bond acceptors (Lipinski definition) is 5. The molecule has 8 nitrogen and oxygen atoms in total. The highest BCUT2D eigenvalue weighted by atomic mass is 16.6. The number of carbonyl (C=O) groups is 3. The summed E-state index contributed by atoms with van der Waals surface area (Å²) in [5.41, 5.74) is 0.837. The first-order valence-corrected chi connectivity index (χ1v) is 8.96. The lowest BCUT2D eigenvalue weighted by molar-refractivity contribution is -0.384. The van der Waals surface area contributed by atoms with Crippen molar-refractivity contribution in [3.05, 3.63) is 69.8 Å². The minimum Gasteiger partial charge on any atom is -0.324 e. The van der Waals surface area contributed by atoms with Gasteiger partial charge in [0.2, 0.25) is 5.91 Å². The third-order valence-electron chi connectivity index (χ3n) is 4.62. The zero-order valence-corrected chi connectivity index (χ0v) is 15.3. The molecule has 0 aromatic heterocycles. The molecule has 0 spiro atoms. The molecule has 8 heteroatoms. The van der Waals surface area contributed by atoms with E-state index in [4.69, 9.17) is 0 Å². The van der Waals surface area contributed by atoms with Gasteiger partial charge < -0.3 is 5.32 Å². The van der Waals surface area contributed by atoms with Gasteiger partial charge in [-0.1, -0.05) is 31.9 Å². The largest absolute Gasteiger partial charge is 0.324 e. The molecule has 0 fully saturated rings. The van der Waals surface area contributed by atoms with Crippen LogP contribution in [0, 0.1) is 10.1 Å². The van der Waals surface area contributed by atoms with Gasteiger partial charge in [-0.3, -0.25) is 29.4 Å². The Morgan fingerprint density at radius 3 is 2.14 bits per heavy atom. The topological polar surface area (TPSA) is 110 Å². The molecule has 144 valence electrons. The Hall–Kier alpha value is -3.55. The highest BCUT2D eigenvalue weighted by Gasteiger charge is 2.42. The number of imide groups is 1. The SMILES string of the molecule is CCCCC(C(=O)Nc1ccc([N+](=O)[O-])cc1)N1C(=O)c2ccccc2C1=O. The first kappa shape index (κ1) is 19.2. The molecule has 2 aromatic carbocycles. The molecule has 0 bridgehead atoms. The van der Waals surface area contributed by atoms with E-state index < -0.39 is 28.7 Å². The molecule has 1 N–H and O–H groups in total. The van der Waals surface area contributed by atoms with Crippen molar-refractivity contribution in [3.8, 4) is 0 Å². The predicted molar refractivity (Wildman–Crippen MR) is 102 cm³/mol. The van der Waals surface area contributed by atoms with E-state index in [-0.39, 0.29) is 16.8 Å². The lowest BCUT2D eigenvalue weighted by Gasteiger charge is -2.25. The Morgan fingerprint density at radius 1 is 1.07 bits per heavy atom. The molecule has 1 aliphatic rings.